The quantitative estimate of drug-likeness (QED) is 0.811. The number of ketones is 1. The second kappa shape index (κ2) is 6.24. The molecule has 0 saturated carbocycles. The average Bonchev–Trinajstić information content (AvgIpc) is 2.21. The summed E-state index contributed by atoms with van der Waals surface area (Å²) in [6.07, 6.45) is 0.834. The molecule has 0 bridgehead atoms. The number of carbonyl (C=O) groups is 1. The summed E-state index contributed by atoms with van der Waals surface area (Å²) in [6.45, 7) is 0.751. The van der Waals surface area contributed by atoms with Gasteiger partial charge in [-0.25, -0.2) is 0 Å². The zero-order valence-corrected chi connectivity index (χ0v) is 11.0. The lowest BCUT2D eigenvalue weighted by atomic mass is 10.1. The van der Waals surface area contributed by atoms with Crippen molar-refractivity contribution in [2.45, 2.75) is 12.8 Å². The van der Waals surface area contributed by atoms with Crippen molar-refractivity contribution in [3.63, 3.8) is 0 Å². The van der Waals surface area contributed by atoms with Crippen molar-refractivity contribution in [2.75, 3.05) is 20.6 Å². The number of hydrogen-bond donors (Lipinski definition) is 0. The lowest BCUT2D eigenvalue weighted by Gasteiger charge is -2.09. The van der Waals surface area contributed by atoms with Gasteiger partial charge in [0.05, 0.1) is 0 Å². The first-order valence-electron chi connectivity index (χ1n) is 5.10. The maximum atomic E-state index is 11.7. The molecular weight excluding hydrogens is 245 g/mol. The predicted octanol–water partition coefficient (Wildman–Crippen LogP) is 3.06. The highest BCUT2D eigenvalue weighted by Gasteiger charge is 2.10. The van der Waals surface area contributed by atoms with Crippen molar-refractivity contribution in [1.82, 2.24) is 4.90 Å². The van der Waals surface area contributed by atoms with Crippen LogP contribution >= 0.6 is 23.2 Å². The molecule has 16 heavy (non-hydrogen) atoms. The van der Waals surface area contributed by atoms with Crippen LogP contribution in [0.4, 0.5) is 0 Å². The van der Waals surface area contributed by atoms with Gasteiger partial charge in [-0.05, 0) is 31.8 Å². The van der Waals surface area contributed by atoms with Crippen LogP contribution in [0.1, 0.15) is 12.0 Å². The van der Waals surface area contributed by atoms with E-state index in [1.165, 1.54) is 0 Å². The Bertz CT molecular complexity index is 357. The van der Waals surface area contributed by atoms with E-state index < -0.39 is 0 Å². The Morgan fingerprint density at radius 2 is 1.81 bits per heavy atom. The molecule has 0 heterocycles. The van der Waals surface area contributed by atoms with Crippen LogP contribution in [0.5, 0.6) is 0 Å². The second-order valence-corrected chi connectivity index (χ2v) is 4.78. The number of carbonyl (C=O) groups excluding carboxylic acids is 1. The zero-order chi connectivity index (χ0) is 12.1. The molecule has 0 atom stereocenters. The van der Waals surface area contributed by atoms with Crippen LogP contribution in [-0.2, 0) is 11.2 Å². The van der Waals surface area contributed by atoms with Crippen LogP contribution in [0.15, 0.2) is 18.2 Å². The topological polar surface area (TPSA) is 20.3 Å². The largest absolute Gasteiger partial charge is 0.309 e. The highest BCUT2D eigenvalue weighted by atomic mass is 35.5. The van der Waals surface area contributed by atoms with E-state index in [0.29, 0.717) is 22.9 Å². The van der Waals surface area contributed by atoms with Gasteiger partial charge in [0.1, 0.15) is 5.78 Å². The van der Waals surface area contributed by atoms with Gasteiger partial charge in [-0.2, -0.15) is 0 Å². The third-order valence-electron chi connectivity index (χ3n) is 2.27. The molecule has 4 heteroatoms. The Morgan fingerprint density at radius 3 is 2.31 bits per heavy atom. The summed E-state index contributed by atoms with van der Waals surface area (Å²) < 4.78 is 0. The molecule has 0 unspecified atom stereocenters. The van der Waals surface area contributed by atoms with Crippen LogP contribution in [-0.4, -0.2) is 31.3 Å². The van der Waals surface area contributed by atoms with Gasteiger partial charge in [-0.3, -0.25) is 4.79 Å². The number of hydrogen-bond acceptors (Lipinski definition) is 2. The summed E-state index contributed by atoms with van der Waals surface area (Å²) in [7, 11) is 3.88. The summed E-state index contributed by atoms with van der Waals surface area (Å²) in [6, 6.07) is 5.28. The fourth-order valence-electron chi connectivity index (χ4n) is 1.34. The molecule has 0 spiro atoms. The average molecular weight is 260 g/mol. The van der Waals surface area contributed by atoms with E-state index in [4.69, 9.17) is 23.2 Å². The van der Waals surface area contributed by atoms with Crippen molar-refractivity contribution >= 4 is 29.0 Å². The second-order valence-electron chi connectivity index (χ2n) is 3.97. The van der Waals surface area contributed by atoms with Gasteiger partial charge in [0.25, 0.3) is 0 Å². The molecule has 0 aliphatic rings. The molecule has 2 nitrogen and oxygen atoms in total. The summed E-state index contributed by atoms with van der Waals surface area (Å²) in [5, 5.41) is 1.12. The minimum Gasteiger partial charge on any atom is -0.309 e. The third kappa shape index (κ3) is 4.12. The van der Waals surface area contributed by atoms with Gasteiger partial charge in [-0.15, -0.1) is 0 Å². The first-order chi connectivity index (χ1) is 7.50. The molecule has 0 aliphatic carbocycles. The van der Waals surface area contributed by atoms with Crippen molar-refractivity contribution in [3.8, 4) is 0 Å². The predicted molar refractivity (Wildman–Crippen MR) is 68.3 cm³/mol. The van der Waals surface area contributed by atoms with Crippen LogP contribution in [0.3, 0.4) is 0 Å². The standard InChI is InChI=1S/C12H15Cl2NO/c1-15(2)7-6-9(16)8-10-11(13)4-3-5-12(10)14/h3-5H,6-8H2,1-2H3. The first kappa shape index (κ1) is 13.5. The van der Waals surface area contributed by atoms with Gasteiger partial charge in [0.15, 0.2) is 0 Å². The molecule has 0 amide bonds. The number of halogens is 2. The smallest absolute Gasteiger partial charge is 0.138 e. The summed E-state index contributed by atoms with van der Waals surface area (Å²) in [5.41, 5.74) is 0.731. The third-order valence-corrected chi connectivity index (χ3v) is 2.98. The molecule has 1 aromatic rings. The fourth-order valence-corrected chi connectivity index (χ4v) is 1.87. The van der Waals surface area contributed by atoms with E-state index in [2.05, 4.69) is 0 Å². The van der Waals surface area contributed by atoms with E-state index in [1.54, 1.807) is 18.2 Å². The summed E-state index contributed by atoms with van der Waals surface area (Å²) >= 11 is 12.0. The summed E-state index contributed by atoms with van der Waals surface area (Å²) in [5.74, 6) is 0.156. The molecule has 0 saturated heterocycles. The van der Waals surface area contributed by atoms with E-state index in [0.717, 1.165) is 12.1 Å². The van der Waals surface area contributed by atoms with Gasteiger partial charge in [0, 0.05) is 29.4 Å². The van der Waals surface area contributed by atoms with E-state index in [-0.39, 0.29) is 5.78 Å². The van der Waals surface area contributed by atoms with Crippen molar-refractivity contribution in [3.05, 3.63) is 33.8 Å². The lowest BCUT2D eigenvalue weighted by molar-refractivity contribution is -0.118. The van der Waals surface area contributed by atoms with Crippen LogP contribution in [0, 0.1) is 0 Å². The normalized spacial score (nSPS) is 10.8. The Labute approximate surface area is 106 Å². The SMILES string of the molecule is CN(C)CCC(=O)Cc1c(Cl)cccc1Cl. The zero-order valence-electron chi connectivity index (χ0n) is 9.46. The number of nitrogens with zero attached hydrogens (tertiary/aromatic N) is 1. The Kier molecular flexibility index (Phi) is 5.26. The molecular formula is C12H15Cl2NO. The Balaban J connectivity index is 2.63. The summed E-state index contributed by atoms with van der Waals surface area (Å²) in [4.78, 5) is 13.7. The van der Waals surface area contributed by atoms with Crippen LogP contribution in [0.2, 0.25) is 10.0 Å². The molecule has 0 aromatic heterocycles. The minimum absolute atomic E-state index is 0.156. The van der Waals surface area contributed by atoms with Crippen LogP contribution < -0.4 is 0 Å². The maximum absolute atomic E-state index is 11.7. The van der Waals surface area contributed by atoms with E-state index in [9.17, 15) is 4.79 Å². The number of rotatable bonds is 5. The molecule has 1 aromatic carbocycles. The lowest BCUT2D eigenvalue weighted by Crippen LogP contribution is -2.17. The van der Waals surface area contributed by atoms with Crippen molar-refractivity contribution < 1.29 is 4.79 Å². The first-order valence-corrected chi connectivity index (χ1v) is 5.85. The van der Waals surface area contributed by atoms with Gasteiger partial charge in [0.2, 0.25) is 0 Å². The minimum atomic E-state index is 0.156. The molecule has 0 radical (unpaired) electrons. The van der Waals surface area contributed by atoms with E-state index >= 15 is 0 Å². The molecule has 88 valence electrons. The van der Waals surface area contributed by atoms with Gasteiger partial charge in [-0.1, -0.05) is 29.3 Å². The van der Waals surface area contributed by atoms with Crippen molar-refractivity contribution in [1.29, 1.82) is 0 Å². The molecule has 0 N–H and O–H groups in total. The highest BCUT2D eigenvalue weighted by Crippen LogP contribution is 2.25. The number of Topliss-reactive ketones (excluding diaryl/α,β-unsaturated/α-hetero) is 1. The van der Waals surface area contributed by atoms with Crippen molar-refractivity contribution in [2.24, 2.45) is 0 Å². The van der Waals surface area contributed by atoms with Gasteiger partial charge >= 0.3 is 0 Å². The maximum Gasteiger partial charge on any atom is 0.138 e. The Morgan fingerprint density at radius 1 is 1.25 bits per heavy atom. The van der Waals surface area contributed by atoms with Crippen LogP contribution in [0.25, 0.3) is 0 Å². The van der Waals surface area contributed by atoms with Gasteiger partial charge < -0.3 is 4.90 Å². The Hall–Kier alpha value is -0.570. The fraction of sp³-hybridized carbons (Fsp3) is 0.417. The number of benzene rings is 1. The molecule has 0 fully saturated rings. The highest BCUT2D eigenvalue weighted by molar-refractivity contribution is 6.36. The molecule has 1 rings (SSSR count). The monoisotopic (exact) mass is 259 g/mol. The molecule has 0 aliphatic heterocycles. The van der Waals surface area contributed by atoms with E-state index in [1.807, 2.05) is 19.0 Å².